The van der Waals surface area contributed by atoms with E-state index in [9.17, 15) is 24.0 Å². The van der Waals surface area contributed by atoms with Gasteiger partial charge in [0.05, 0.1) is 19.7 Å². The van der Waals surface area contributed by atoms with E-state index in [-0.39, 0.29) is 19.0 Å². The van der Waals surface area contributed by atoms with Crippen molar-refractivity contribution in [3.8, 4) is 0 Å². The minimum absolute atomic E-state index is 0.0129. The van der Waals surface area contributed by atoms with Crippen LogP contribution >= 0.6 is 0 Å². The van der Waals surface area contributed by atoms with Gasteiger partial charge in [-0.15, -0.1) is 0 Å². The van der Waals surface area contributed by atoms with E-state index in [2.05, 4.69) is 16.5 Å². The predicted molar refractivity (Wildman–Crippen MR) is 140 cm³/mol. The van der Waals surface area contributed by atoms with E-state index in [1.54, 1.807) is 0 Å². The van der Waals surface area contributed by atoms with Crippen molar-refractivity contribution in [3.63, 3.8) is 0 Å². The maximum absolute atomic E-state index is 10.2. The van der Waals surface area contributed by atoms with Gasteiger partial charge in [-0.1, -0.05) is 6.42 Å². The lowest BCUT2D eigenvalue weighted by molar-refractivity contribution is -0.140. The van der Waals surface area contributed by atoms with E-state index >= 15 is 0 Å². The zero-order valence-corrected chi connectivity index (χ0v) is 21.6. The molecule has 232 valence electrons. The molecule has 22 N–H and O–H groups in total. The Morgan fingerprint density at radius 2 is 0.949 bits per heavy atom. The van der Waals surface area contributed by atoms with Crippen LogP contribution in [0.2, 0.25) is 0 Å². The number of carboxylic acid groups (broad SMARTS) is 5. The van der Waals surface area contributed by atoms with Gasteiger partial charge in [0.2, 0.25) is 0 Å². The summed E-state index contributed by atoms with van der Waals surface area (Å²) in [5.41, 5.74) is 39.7. The number of aliphatic hydroxyl groups is 1. The van der Waals surface area contributed by atoms with Crippen molar-refractivity contribution < 1.29 is 54.6 Å². The van der Waals surface area contributed by atoms with Gasteiger partial charge < -0.3 is 76.5 Å². The third kappa shape index (κ3) is 51.8. The van der Waals surface area contributed by atoms with Crippen molar-refractivity contribution in [2.24, 2.45) is 50.9 Å². The molecule has 0 aromatic heterocycles. The molecule has 0 aliphatic heterocycles. The van der Waals surface area contributed by atoms with Crippen LogP contribution in [0.15, 0.2) is 4.99 Å². The number of aliphatic hydroxyl groups excluding tert-OH is 1. The minimum Gasteiger partial charge on any atom is -0.480 e. The van der Waals surface area contributed by atoms with Gasteiger partial charge in [0.15, 0.2) is 5.96 Å². The fourth-order valence-corrected chi connectivity index (χ4v) is 1.35. The van der Waals surface area contributed by atoms with Crippen molar-refractivity contribution in [1.29, 1.82) is 0 Å². The second-order valence-electron chi connectivity index (χ2n) is 6.95. The Balaban J connectivity index is -0.000000129. The first-order valence-electron chi connectivity index (χ1n) is 11.1. The number of hydrogen-bond acceptors (Lipinski definition) is 13. The van der Waals surface area contributed by atoms with Gasteiger partial charge >= 0.3 is 29.8 Å². The van der Waals surface area contributed by atoms with Crippen LogP contribution in [0.3, 0.4) is 0 Å². The molecule has 20 nitrogen and oxygen atoms in total. The largest absolute Gasteiger partial charge is 0.480 e. The standard InChI is InChI=1S/C6H14N4O2.C6H14N2O2.C3H7NO3.2C2H5NO2/c7-4(5(11)12)2-1-3-10-6(8)9;7-4-2-1-3-5(8)6(9)10;4-2(1-5)3(6)7;2*3-1-2(4)5/h4H,1-3,7H2,(H,11,12)(H4,8,9,10);5H,1-4,7-8H2,(H,9,10);2,5H,1,4H2,(H,6,7);2*1,3H2,(H,4,5). The van der Waals surface area contributed by atoms with Crippen LogP contribution < -0.4 is 45.9 Å². The molecule has 0 amide bonds. The predicted octanol–water partition coefficient (Wildman–Crippen LogP) is -5.57. The zero-order chi connectivity index (χ0) is 32.0. The van der Waals surface area contributed by atoms with Gasteiger partial charge in [-0.05, 0) is 32.2 Å². The molecule has 0 fully saturated rings. The molecule has 0 bridgehead atoms. The van der Waals surface area contributed by atoms with Crippen LogP contribution in [-0.2, 0) is 24.0 Å². The number of carbonyl (C=O) groups is 5. The van der Waals surface area contributed by atoms with Crippen LogP contribution in [0.1, 0.15) is 32.1 Å². The summed E-state index contributed by atoms with van der Waals surface area (Å²) in [4.78, 5) is 52.2. The highest BCUT2D eigenvalue weighted by Crippen LogP contribution is 1.97. The SMILES string of the molecule is NC(CO)C(=O)O.NC(N)=NCCCC(N)C(=O)O.NCC(=O)O.NCC(=O)O.NCCCCC(N)C(=O)O. The summed E-state index contributed by atoms with van der Waals surface area (Å²) in [5, 5.41) is 47.8. The highest BCUT2D eigenvalue weighted by molar-refractivity contribution is 5.75. The van der Waals surface area contributed by atoms with Crippen molar-refractivity contribution >= 4 is 35.8 Å². The number of hydrogen-bond donors (Lipinski definition) is 14. The summed E-state index contributed by atoms with van der Waals surface area (Å²) >= 11 is 0. The molecule has 0 aromatic rings. The van der Waals surface area contributed by atoms with Gasteiger partial charge in [0.1, 0.15) is 18.1 Å². The summed E-state index contributed by atoms with van der Waals surface area (Å²) in [6.45, 7) is -0.0367. The molecule has 20 heteroatoms. The number of aliphatic imine (C=N–C) groups is 1. The Labute approximate surface area is 225 Å². The molecule has 39 heavy (non-hydrogen) atoms. The van der Waals surface area contributed by atoms with Crippen LogP contribution in [0.4, 0.5) is 0 Å². The third-order valence-electron chi connectivity index (χ3n) is 3.43. The van der Waals surface area contributed by atoms with Crippen molar-refractivity contribution in [3.05, 3.63) is 0 Å². The smallest absolute Gasteiger partial charge is 0.322 e. The number of aliphatic carboxylic acids is 5. The number of guanidine groups is 1. The molecule has 3 atom stereocenters. The molecule has 0 heterocycles. The summed E-state index contributed by atoms with van der Waals surface area (Å²) in [6, 6.07) is -2.66. The lowest BCUT2D eigenvalue weighted by Crippen LogP contribution is -2.33. The van der Waals surface area contributed by atoms with E-state index in [0.717, 1.165) is 12.8 Å². The molecule has 0 saturated heterocycles. The number of carboxylic acids is 5. The Kier molecular flexibility index (Phi) is 37.6. The average Bonchev–Trinajstić information content (AvgIpc) is 2.87. The zero-order valence-electron chi connectivity index (χ0n) is 21.6. The highest BCUT2D eigenvalue weighted by Gasteiger charge is 2.10. The van der Waals surface area contributed by atoms with Gasteiger partial charge in [0, 0.05) is 6.54 Å². The van der Waals surface area contributed by atoms with Crippen molar-refractivity contribution in [2.75, 3.05) is 32.8 Å². The molecule has 3 unspecified atom stereocenters. The molecule has 0 saturated carbocycles. The molecule has 0 aliphatic rings. The Morgan fingerprint density at radius 1 is 0.615 bits per heavy atom. The Bertz CT molecular complexity index is 680. The Hall–Kier alpha value is -3.66. The number of nitrogens with two attached hydrogens (primary N) is 8. The molecule has 0 spiro atoms. The van der Waals surface area contributed by atoms with E-state index in [1.807, 2.05) is 0 Å². The topological polar surface area (TPSA) is 427 Å². The van der Waals surface area contributed by atoms with Gasteiger partial charge in [-0.2, -0.15) is 0 Å². The van der Waals surface area contributed by atoms with E-state index in [4.69, 9.17) is 65.0 Å². The number of nitrogens with zero attached hydrogens (tertiary/aromatic N) is 1. The van der Waals surface area contributed by atoms with Gasteiger partial charge in [0.25, 0.3) is 0 Å². The van der Waals surface area contributed by atoms with E-state index in [0.29, 0.717) is 32.4 Å². The van der Waals surface area contributed by atoms with Crippen LogP contribution in [0.25, 0.3) is 0 Å². The van der Waals surface area contributed by atoms with E-state index < -0.39 is 54.6 Å². The monoisotopic (exact) mass is 575 g/mol. The average molecular weight is 576 g/mol. The summed E-state index contributed by atoms with van der Waals surface area (Å²) in [7, 11) is 0. The lowest BCUT2D eigenvalue weighted by Gasteiger charge is -2.03. The first kappa shape index (κ1) is 45.3. The fourth-order valence-electron chi connectivity index (χ4n) is 1.35. The fraction of sp³-hybridized carbons (Fsp3) is 0.684. The summed E-state index contributed by atoms with van der Waals surface area (Å²) in [6.07, 6.45) is 3.12. The quantitative estimate of drug-likeness (QED) is 0.0521. The van der Waals surface area contributed by atoms with Crippen LogP contribution in [-0.4, -0.2) is 117 Å². The maximum Gasteiger partial charge on any atom is 0.322 e. The van der Waals surface area contributed by atoms with Gasteiger partial charge in [-0.25, -0.2) is 0 Å². The molecule has 0 radical (unpaired) electrons. The summed E-state index contributed by atoms with van der Waals surface area (Å²) in [5.74, 6) is -5.03. The van der Waals surface area contributed by atoms with E-state index in [1.165, 1.54) is 0 Å². The van der Waals surface area contributed by atoms with Crippen LogP contribution in [0, 0.1) is 0 Å². The third-order valence-corrected chi connectivity index (χ3v) is 3.43. The van der Waals surface area contributed by atoms with Crippen molar-refractivity contribution in [2.45, 2.75) is 50.2 Å². The second-order valence-corrected chi connectivity index (χ2v) is 6.95. The first-order chi connectivity index (χ1) is 17.9. The molecule has 0 aromatic carbocycles. The minimum atomic E-state index is -1.18. The number of unbranched alkanes of at least 4 members (excludes halogenated alkanes) is 1. The molecule has 0 rings (SSSR count). The molecular weight excluding hydrogens is 530 g/mol. The Morgan fingerprint density at radius 3 is 1.15 bits per heavy atom. The maximum atomic E-state index is 10.2. The van der Waals surface area contributed by atoms with Crippen molar-refractivity contribution in [1.82, 2.24) is 0 Å². The molecule has 0 aliphatic carbocycles. The van der Waals surface area contributed by atoms with Crippen LogP contribution in [0.5, 0.6) is 0 Å². The highest BCUT2D eigenvalue weighted by atomic mass is 16.4. The molecular formula is C19H45N9O11. The second kappa shape index (κ2) is 32.4. The first-order valence-corrected chi connectivity index (χ1v) is 11.1. The lowest BCUT2D eigenvalue weighted by atomic mass is 10.1. The normalized spacial score (nSPS) is 11.4. The number of rotatable bonds is 14. The summed E-state index contributed by atoms with van der Waals surface area (Å²) < 4.78 is 0. The van der Waals surface area contributed by atoms with Gasteiger partial charge in [-0.3, -0.25) is 29.0 Å².